The smallest absolute Gasteiger partial charge is 0.224 e. The Morgan fingerprint density at radius 3 is 2.69 bits per heavy atom. The number of carbonyl (C=O) groups excluding carboxylic acids is 1. The Hall–Kier alpha value is -2.86. The Morgan fingerprint density at radius 2 is 1.97 bits per heavy atom. The van der Waals surface area contributed by atoms with Crippen LogP contribution in [0.3, 0.4) is 0 Å². The highest BCUT2D eigenvalue weighted by molar-refractivity contribution is 5.89. The molecule has 2 N–H and O–H groups in total. The van der Waals surface area contributed by atoms with Crippen molar-refractivity contribution >= 4 is 16.8 Å². The first kappa shape index (κ1) is 19.5. The number of methoxy groups -OCH3 is 1. The fourth-order valence-electron chi connectivity index (χ4n) is 4.07. The molecule has 0 atom stereocenters. The number of ether oxygens (including phenoxy) is 2. The summed E-state index contributed by atoms with van der Waals surface area (Å²) in [4.78, 5) is 15.9. The van der Waals surface area contributed by atoms with Crippen molar-refractivity contribution < 1.29 is 18.7 Å². The van der Waals surface area contributed by atoms with Crippen molar-refractivity contribution in [3.8, 4) is 5.75 Å². The monoisotopic (exact) mass is 396 g/mol. The summed E-state index contributed by atoms with van der Waals surface area (Å²) < 4.78 is 24.2. The van der Waals surface area contributed by atoms with E-state index < -0.39 is 0 Å². The summed E-state index contributed by atoms with van der Waals surface area (Å²) >= 11 is 0. The van der Waals surface area contributed by atoms with Crippen LogP contribution < -0.4 is 10.1 Å². The lowest BCUT2D eigenvalue weighted by atomic mass is 9.74. The molecule has 1 amide bonds. The molecule has 2 aromatic carbocycles. The molecule has 29 heavy (non-hydrogen) atoms. The molecule has 0 spiro atoms. The molecule has 1 aliphatic rings. The number of amides is 1. The maximum absolute atomic E-state index is 13.4. The van der Waals surface area contributed by atoms with Crippen molar-refractivity contribution in [2.45, 2.75) is 24.7 Å². The van der Waals surface area contributed by atoms with Gasteiger partial charge in [-0.05, 0) is 54.3 Å². The predicted octanol–water partition coefficient (Wildman–Crippen LogP) is 3.72. The van der Waals surface area contributed by atoms with Gasteiger partial charge in [0.15, 0.2) is 0 Å². The lowest BCUT2D eigenvalue weighted by Gasteiger charge is -2.38. The zero-order chi connectivity index (χ0) is 20.3. The van der Waals surface area contributed by atoms with Crippen LogP contribution in [0.1, 0.15) is 24.0 Å². The fraction of sp³-hybridized carbons (Fsp3) is 0.348. The number of aromatic nitrogens is 1. The minimum Gasteiger partial charge on any atom is -0.497 e. The largest absolute Gasteiger partial charge is 0.497 e. The highest BCUT2D eigenvalue weighted by atomic mass is 19.1. The van der Waals surface area contributed by atoms with Crippen molar-refractivity contribution in [2.24, 2.45) is 0 Å². The Morgan fingerprint density at radius 1 is 1.21 bits per heavy atom. The maximum Gasteiger partial charge on any atom is 0.224 e. The molecule has 5 nitrogen and oxygen atoms in total. The third kappa shape index (κ3) is 4.12. The summed E-state index contributed by atoms with van der Waals surface area (Å²) in [5.41, 5.74) is 2.71. The van der Waals surface area contributed by atoms with Gasteiger partial charge >= 0.3 is 0 Å². The summed E-state index contributed by atoms with van der Waals surface area (Å²) in [5, 5.41) is 4.09. The van der Waals surface area contributed by atoms with Crippen LogP contribution in [0.2, 0.25) is 0 Å². The molecule has 1 fully saturated rings. The molecule has 0 unspecified atom stereocenters. The summed E-state index contributed by atoms with van der Waals surface area (Å²) in [6.45, 7) is 1.78. The molecule has 152 valence electrons. The molecular formula is C23H25FN2O3. The number of H-pyrrole nitrogens is 1. The molecule has 6 heteroatoms. The van der Waals surface area contributed by atoms with Crippen LogP contribution in [0.25, 0.3) is 10.9 Å². The quantitative estimate of drug-likeness (QED) is 0.668. The number of hydrogen-bond donors (Lipinski definition) is 2. The van der Waals surface area contributed by atoms with E-state index in [1.807, 2.05) is 36.5 Å². The second-order valence-electron chi connectivity index (χ2n) is 7.58. The minimum absolute atomic E-state index is 0.0401. The van der Waals surface area contributed by atoms with E-state index in [4.69, 9.17) is 9.47 Å². The number of nitrogens with one attached hydrogen (secondary N) is 2. The topological polar surface area (TPSA) is 63.4 Å². The standard InChI is InChI=1S/C23H25FN2O3/c1-28-19-6-7-21-20(13-19)16(14-25-21)12-22(27)26-15-23(8-10-29-11-9-23)17-2-4-18(24)5-3-17/h2-7,13-14,25H,8-12,15H2,1H3,(H,26,27). The van der Waals surface area contributed by atoms with E-state index in [1.165, 1.54) is 12.1 Å². The molecule has 0 bridgehead atoms. The summed E-state index contributed by atoms with van der Waals surface area (Å²) in [6, 6.07) is 12.4. The van der Waals surface area contributed by atoms with Gasteiger partial charge in [0.1, 0.15) is 11.6 Å². The van der Waals surface area contributed by atoms with Gasteiger partial charge in [0.2, 0.25) is 5.91 Å². The van der Waals surface area contributed by atoms with Crippen LogP contribution in [0, 0.1) is 5.82 Å². The van der Waals surface area contributed by atoms with Gasteiger partial charge in [-0.25, -0.2) is 4.39 Å². The molecular weight excluding hydrogens is 371 g/mol. The number of benzene rings is 2. The van der Waals surface area contributed by atoms with Crippen molar-refractivity contribution in [2.75, 3.05) is 26.9 Å². The predicted molar refractivity (Wildman–Crippen MR) is 110 cm³/mol. The Labute approximate surface area is 169 Å². The van der Waals surface area contributed by atoms with Gasteiger partial charge in [0.25, 0.3) is 0 Å². The van der Waals surface area contributed by atoms with Gasteiger partial charge in [0.05, 0.1) is 13.5 Å². The molecule has 1 saturated heterocycles. The molecule has 0 saturated carbocycles. The lowest BCUT2D eigenvalue weighted by Crippen LogP contribution is -2.45. The average molecular weight is 396 g/mol. The van der Waals surface area contributed by atoms with Gasteiger partial charge in [-0.2, -0.15) is 0 Å². The van der Waals surface area contributed by atoms with Gasteiger partial charge in [-0.3, -0.25) is 4.79 Å². The zero-order valence-electron chi connectivity index (χ0n) is 16.5. The third-order valence-electron chi connectivity index (χ3n) is 5.86. The number of fused-ring (bicyclic) bond motifs is 1. The average Bonchev–Trinajstić information content (AvgIpc) is 3.15. The molecule has 0 radical (unpaired) electrons. The van der Waals surface area contributed by atoms with Crippen LogP contribution in [0.4, 0.5) is 4.39 Å². The Kier molecular flexibility index (Phi) is 5.53. The van der Waals surface area contributed by atoms with E-state index in [-0.39, 0.29) is 23.6 Å². The number of halogens is 1. The minimum atomic E-state index is -0.255. The van der Waals surface area contributed by atoms with E-state index in [0.717, 1.165) is 40.6 Å². The first-order chi connectivity index (χ1) is 14.1. The van der Waals surface area contributed by atoms with Gasteiger partial charge < -0.3 is 19.8 Å². The lowest BCUT2D eigenvalue weighted by molar-refractivity contribution is -0.120. The van der Waals surface area contributed by atoms with Gasteiger partial charge in [0, 0.05) is 42.3 Å². The normalized spacial score (nSPS) is 15.9. The summed E-state index contributed by atoms with van der Waals surface area (Å²) in [7, 11) is 1.63. The van der Waals surface area contributed by atoms with Crippen LogP contribution in [-0.2, 0) is 21.4 Å². The number of carbonyl (C=O) groups is 1. The summed E-state index contributed by atoms with van der Waals surface area (Å²) in [5.74, 6) is 0.465. The molecule has 1 aliphatic heterocycles. The van der Waals surface area contributed by atoms with Gasteiger partial charge in [-0.15, -0.1) is 0 Å². The molecule has 0 aliphatic carbocycles. The molecule has 4 rings (SSSR count). The van der Waals surface area contributed by atoms with E-state index in [9.17, 15) is 9.18 Å². The van der Waals surface area contributed by atoms with Crippen LogP contribution in [0.15, 0.2) is 48.7 Å². The Bertz CT molecular complexity index is 991. The summed E-state index contributed by atoms with van der Waals surface area (Å²) in [6.07, 6.45) is 3.74. The van der Waals surface area contributed by atoms with E-state index in [0.29, 0.717) is 19.8 Å². The van der Waals surface area contributed by atoms with Crippen LogP contribution >= 0.6 is 0 Å². The highest BCUT2D eigenvalue weighted by Crippen LogP contribution is 2.34. The van der Waals surface area contributed by atoms with E-state index >= 15 is 0 Å². The molecule has 1 aromatic heterocycles. The highest BCUT2D eigenvalue weighted by Gasteiger charge is 2.34. The van der Waals surface area contributed by atoms with Crippen LogP contribution in [-0.4, -0.2) is 37.8 Å². The van der Waals surface area contributed by atoms with Gasteiger partial charge in [-0.1, -0.05) is 12.1 Å². The number of hydrogen-bond acceptors (Lipinski definition) is 3. The fourth-order valence-corrected chi connectivity index (χ4v) is 4.07. The van der Waals surface area contributed by atoms with Crippen molar-refractivity contribution in [1.82, 2.24) is 10.3 Å². The first-order valence-electron chi connectivity index (χ1n) is 9.84. The molecule has 2 heterocycles. The first-order valence-corrected chi connectivity index (χ1v) is 9.84. The third-order valence-corrected chi connectivity index (χ3v) is 5.86. The van der Waals surface area contributed by atoms with Crippen molar-refractivity contribution in [3.05, 3.63) is 65.6 Å². The van der Waals surface area contributed by atoms with E-state index in [2.05, 4.69) is 10.3 Å². The Balaban J connectivity index is 1.48. The van der Waals surface area contributed by atoms with Crippen molar-refractivity contribution in [1.29, 1.82) is 0 Å². The molecule has 3 aromatic rings. The zero-order valence-corrected chi connectivity index (χ0v) is 16.5. The van der Waals surface area contributed by atoms with Crippen molar-refractivity contribution in [3.63, 3.8) is 0 Å². The second-order valence-corrected chi connectivity index (χ2v) is 7.58. The number of rotatable bonds is 6. The number of aromatic amines is 1. The van der Waals surface area contributed by atoms with Crippen LogP contribution in [0.5, 0.6) is 5.75 Å². The maximum atomic E-state index is 13.4. The SMILES string of the molecule is COc1ccc2[nH]cc(CC(=O)NCC3(c4ccc(F)cc4)CCOCC3)c2c1. The van der Waals surface area contributed by atoms with E-state index in [1.54, 1.807) is 7.11 Å². The second kappa shape index (κ2) is 8.25.